The molecule has 0 bridgehead atoms. The molecule has 0 saturated carbocycles. The summed E-state index contributed by atoms with van der Waals surface area (Å²) >= 11 is 1.58. The Labute approximate surface area is 164 Å². The first-order valence-electron chi connectivity index (χ1n) is 8.83. The number of H-pyrrole nitrogens is 1. The maximum absolute atomic E-state index is 12.7. The lowest BCUT2D eigenvalue weighted by molar-refractivity contribution is 0.171. The van der Waals surface area contributed by atoms with Gasteiger partial charge in [0.05, 0.1) is 5.39 Å². The smallest absolute Gasteiger partial charge is 0.262 e. The van der Waals surface area contributed by atoms with E-state index < -0.39 is 0 Å². The normalized spacial score (nSPS) is 12.9. The maximum atomic E-state index is 12.7. The average molecular weight is 392 g/mol. The summed E-state index contributed by atoms with van der Waals surface area (Å²) in [5.74, 6) is 1.86. The van der Waals surface area contributed by atoms with Crippen LogP contribution in [-0.4, -0.2) is 28.2 Å². The largest absolute Gasteiger partial charge is 0.486 e. The number of aromatic nitrogens is 3. The summed E-state index contributed by atoms with van der Waals surface area (Å²) in [6.45, 7) is 1.59. The fourth-order valence-electron chi connectivity index (χ4n) is 3.17. The quantitative estimate of drug-likeness (QED) is 0.553. The molecule has 0 saturated heterocycles. The topological polar surface area (TPSA) is 89.1 Å². The lowest BCUT2D eigenvalue weighted by atomic mass is 10.1. The first-order valence-corrected chi connectivity index (χ1v) is 9.71. The van der Waals surface area contributed by atoms with E-state index in [4.69, 9.17) is 9.47 Å². The monoisotopic (exact) mass is 392 g/mol. The predicted octanol–water partition coefficient (Wildman–Crippen LogP) is 3.43. The molecule has 0 fully saturated rings. The van der Waals surface area contributed by atoms with E-state index in [1.54, 1.807) is 17.5 Å². The molecule has 4 aromatic rings. The van der Waals surface area contributed by atoms with E-state index in [1.165, 1.54) is 0 Å². The third-order valence-corrected chi connectivity index (χ3v) is 5.36. The first-order chi connectivity index (χ1) is 13.8. The molecule has 1 aliphatic heterocycles. The van der Waals surface area contributed by atoms with Crippen LogP contribution in [0.15, 0.2) is 52.8 Å². The van der Waals surface area contributed by atoms with Crippen LogP contribution in [-0.2, 0) is 6.54 Å². The molecule has 0 radical (unpaired) electrons. The number of anilines is 1. The van der Waals surface area contributed by atoms with Crippen molar-refractivity contribution in [2.24, 2.45) is 0 Å². The van der Waals surface area contributed by atoms with Gasteiger partial charge in [-0.15, -0.1) is 11.3 Å². The Morgan fingerprint density at radius 3 is 2.89 bits per heavy atom. The highest BCUT2D eigenvalue weighted by Crippen LogP contribution is 2.31. The van der Waals surface area contributed by atoms with Gasteiger partial charge in [-0.2, -0.15) is 4.98 Å². The van der Waals surface area contributed by atoms with E-state index in [0.717, 1.165) is 27.5 Å². The minimum absolute atomic E-state index is 0.217. The van der Waals surface area contributed by atoms with Crippen LogP contribution in [0.25, 0.3) is 21.5 Å². The highest BCUT2D eigenvalue weighted by molar-refractivity contribution is 7.13. The van der Waals surface area contributed by atoms with Crippen molar-refractivity contribution in [1.82, 2.24) is 15.0 Å². The van der Waals surface area contributed by atoms with Crippen molar-refractivity contribution in [2.45, 2.75) is 6.54 Å². The van der Waals surface area contributed by atoms with Gasteiger partial charge < -0.3 is 14.8 Å². The highest BCUT2D eigenvalue weighted by Gasteiger charge is 2.13. The Bertz CT molecular complexity index is 1200. The number of rotatable bonds is 4. The number of aromatic amines is 1. The average Bonchev–Trinajstić information content (AvgIpc) is 3.26. The first kappa shape index (κ1) is 16.8. The SMILES string of the molecule is O=c1[nH]c(NCc2ccc3c(c2)OCCO3)nc2nccc(-c3cccs3)c12. The Balaban J connectivity index is 1.43. The number of fused-ring (bicyclic) bond motifs is 2. The molecular weight excluding hydrogens is 376 g/mol. The zero-order valence-corrected chi connectivity index (χ0v) is 15.6. The summed E-state index contributed by atoms with van der Waals surface area (Å²) in [4.78, 5) is 25.3. The van der Waals surface area contributed by atoms with Gasteiger partial charge in [0.2, 0.25) is 5.95 Å². The number of ether oxygens (including phenoxy) is 2. The van der Waals surface area contributed by atoms with Gasteiger partial charge in [0.1, 0.15) is 13.2 Å². The third-order valence-electron chi connectivity index (χ3n) is 4.46. The van der Waals surface area contributed by atoms with Crippen LogP contribution in [0.5, 0.6) is 11.5 Å². The Hall–Kier alpha value is -3.39. The van der Waals surface area contributed by atoms with Gasteiger partial charge in [-0.3, -0.25) is 9.78 Å². The van der Waals surface area contributed by atoms with E-state index in [2.05, 4.69) is 20.3 Å². The van der Waals surface area contributed by atoms with Gasteiger partial charge in [0, 0.05) is 23.2 Å². The van der Waals surface area contributed by atoms with Crippen molar-refractivity contribution in [3.05, 3.63) is 63.9 Å². The summed E-state index contributed by atoms with van der Waals surface area (Å²) in [6, 6.07) is 11.5. The number of nitrogens with one attached hydrogen (secondary N) is 2. The molecule has 5 rings (SSSR count). The number of benzene rings is 1. The molecule has 0 atom stereocenters. The van der Waals surface area contributed by atoms with Gasteiger partial charge in [-0.1, -0.05) is 12.1 Å². The van der Waals surface area contributed by atoms with Crippen LogP contribution >= 0.6 is 11.3 Å². The van der Waals surface area contributed by atoms with Crippen molar-refractivity contribution in [3.8, 4) is 21.9 Å². The summed E-state index contributed by atoms with van der Waals surface area (Å²) in [7, 11) is 0. The Kier molecular flexibility index (Phi) is 4.17. The van der Waals surface area contributed by atoms with Crippen molar-refractivity contribution >= 4 is 28.3 Å². The zero-order chi connectivity index (χ0) is 18.9. The van der Waals surface area contributed by atoms with Gasteiger partial charge in [0.25, 0.3) is 5.56 Å². The summed E-state index contributed by atoms with van der Waals surface area (Å²) < 4.78 is 11.1. The Morgan fingerprint density at radius 2 is 2.04 bits per heavy atom. The van der Waals surface area contributed by atoms with E-state index in [1.807, 2.05) is 41.8 Å². The fourth-order valence-corrected chi connectivity index (χ4v) is 3.93. The molecule has 2 N–H and O–H groups in total. The van der Waals surface area contributed by atoms with Crippen LogP contribution in [0, 0.1) is 0 Å². The molecule has 1 aromatic carbocycles. The molecular formula is C20H16N4O3S. The molecule has 140 valence electrons. The van der Waals surface area contributed by atoms with Crippen molar-refractivity contribution in [2.75, 3.05) is 18.5 Å². The molecule has 3 aromatic heterocycles. The molecule has 7 nitrogen and oxygen atoms in total. The molecule has 0 unspecified atom stereocenters. The highest BCUT2D eigenvalue weighted by atomic mass is 32.1. The fraction of sp³-hybridized carbons (Fsp3) is 0.150. The van der Waals surface area contributed by atoms with Crippen molar-refractivity contribution in [1.29, 1.82) is 0 Å². The molecule has 8 heteroatoms. The molecule has 0 aliphatic carbocycles. The number of hydrogen-bond donors (Lipinski definition) is 2. The molecule has 28 heavy (non-hydrogen) atoms. The second-order valence-electron chi connectivity index (χ2n) is 6.28. The van der Waals surface area contributed by atoms with Crippen LogP contribution in [0.1, 0.15) is 5.56 Å². The minimum Gasteiger partial charge on any atom is -0.486 e. The predicted molar refractivity (Wildman–Crippen MR) is 108 cm³/mol. The van der Waals surface area contributed by atoms with E-state index in [9.17, 15) is 4.79 Å². The van der Waals surface area contributed by atoms with Gasteiger partial charge in [-0.25, -0.2) is 4.98 Å². The van der Waals surface area contributed by atoms with Gasteiger partial charge >= 0.3 is 0 Å². The van der Waals surface area contributed by atoms with Crippen LogP contribution < -0.4 is 20.3 Å². The number of pyridine rings is 1. The number of nitrogens with zero attached hydrogens (tertiary/aromatic N) is 2. The van der Waals surface area contributed by atoms with Crippen LogP contribution in [0.2, 0.25) is 0 Å². The molecule has 4 heterocycles. The lowest BCUT2D eigenvalue weighted by Gasteiger charge is -2.19. The minimum atomic E-state index is -0.217. The zero-order valence-electron chi connectivity index (χ0n) is 14.8. The second kappa shape index (κ2) is 6.97. The van der Waals surface area contributed by atoms with Crippen molar-refractivity contribution < 1.29 is 9.47 Å². The molecule has 0 amide bonds. The number of thiophene rings is 1. The number of hydrogen-bond acceptors (Lipinski definition) is 7. The van der Waals surface area contributed by atoms with E-state index in [-0.39, 0.29) is 5.56 Å². The summed E-state index contributed by atoms with van der Waals surface area (Å²) in [5, 5.41) is 5.63. The summed E-state index contributed by atoms with van der Waals surface area (Å²) in [6.07, 6.45) is 1.68. The summed E-state index contributed by atoms with van der Waals surface area (Å²) in [5.41, 5.74) is 2.03. The van der Waals surface area contributed by atoms with Crippen LogP contribution in [0.3, 0.4) is 0 Å². The van der Waals surface area contributed by atoms with Gasteiger partial charge in [0.15, 0.2) is 17.1 Å². The maximum Gasteiger partial charge on any atom is 0.262 e. The van der Waals surface area contributed by atoms with Crippen molar-refractivity contribution in [3.63, 3.8) is 0 Å². The van der Waals surface area contributed by atoms with Crippen LogP contribution in [0.4, 0.5) is 5.95 Å². The molecule has 0 spiro atoms. The van der Waals surface area contributed by atoms with Gasteiger partial charge in [-0.05, 0) is 35.2 Å². The standard InChI is InChI=1S/C20H16N4O3S/c25-19-17-13(16-2-1-9-28-16)5-6-21-18(17)23-20(24-19)22-11-12-3-4-14-15(10-12)27-8-7-26-14/h1-6,9-10H,7-8,11H2,(H2,21,22,23,24,25). The Morgan fingerprint density at radius 1 is 1.14 bits per heavy atom. The van der Waals surface area contributed by atoms with E-state index in [0.29, 0.717) is 36.7 Å². The second-order valence-corrected chi connectivity index (χ2v) is 7.23. The van der Waals surface area contributed by atoms with E-state index >= 15 is 0 Å². The lowest BCUT2D eigenvalue weighted by Crippen LogP contribution is -2.16. The molecule has 1 aliphatic rings. The third kappa shape index (κ3) is 3.07.